The maximum atomic E-state index is 12.9. The molecule has 2 heterocycles. The van der Waals surface area contributed by atoms with E-state index in [1.807, 2.05) is 11.9 Å². The molecule has 26 heavy (non-hydrogen) atoms. The van der Waals surface area contributed by atoms with E-state index in [1.54, 1.807) is 6.07 Å². The molecule has 1 aromatic rings. The molecule has 8 nitrogen and oxygen atoms in total. The molecular formula is C17H26N4O4S. The third kappa shape index (κ3) is 3.84. The van der Waals surface area contributed by atoms with Gasteiger partial charge in [0.1, 0.15) is 5.69 Å². The Morgan fingerprint density at radius 2 is 1.85 bits per heavy atom. The van der Waals surface area contributed by atoms with Gasteiger partial charge in [-0.2, -0.15) is 4.31 Å². The molecule has 2 saturated heterocycles. The van der Waals surface area contributed by atoms with Crippen molar-refractivity contribution in [3.63, 3.8) is 0 Å². The van der Waals surface area contributed by atoms with Crippen LogP contribution in [0.25, 0.3) is 0 Å². The summed E-state index contributed by atoms with van der Waals surface area (Å²) in [5.41, 5.74) is 0.383. The summed E-state index contributed by atoms with van der Waals surface area (Å²) in [4.78, 5) is 15.2. The van der Waals surface area contributed by atoms with E-state index in [9.17, 15) is 18.5 Å². The van der Waals surface area contributed by atoms with Gasteiger partial charge in [-0.3, -0.25) is 10.1 Å². The Kier molecular flexibility index (Phi) is 5.50. The van der Waals surface area contributed by atoms with Crippen LogP contribution in [0.5, 0.6) is 0 Å². The summed E-state index contributed by atoms with van der Waals surface area (Å²) in [6.07, 6.45) is 2.10. The number of piperidine rings is 1. The molecule has 1 unspecified atom stereocenters. The Hall–Kier alpha value is -1.71. The monoisotopic (exact) mass is 382 g/mol. The van der Waals surface area contributed by atoms with Crippen molar-refractivity contribution in [1.82, 2.24) is 9.21 Å². The van der Waals surface area contributed by atoms with Crippen molar-refractivity contribution in [3.8, 4) is 0 Å². The number of nitro groups is 1. The van der Waals surface area contributed by atoms with E-state index in [4.69, 9.17) is 0 Å². The fourth-order valence-corrected chi connectivity index (χ4v) is 5.11. The lowest BCUT2D eigenvalue weighted by Crippen LogP contribution is -2.47. The standard InChI is InChI=1S/C17H26N4O4S/c1-14-4-3-7-19(13-14)16-6-5-15(12-17(16)21(22)23)26(24,25)20-10-8-18(2)9-11-20/h5-6,12,14H,3-4,7-11,13H2,1-2H3. The van der Waals surface area contributed by atoms with Gasteiger partial charge in [-0.25, -0.2) is 8.42 Å². The van der Waals surface area contributed by atoms with Gasteiger partial charge < -0.3 is 9.80 Å². The third-order valence-electron chi connectivity index (χ3n) is 5.24. The topological polar surface area (TPSA) is 87.0 Å². The predicted octanol–water partition coefficient (Wildman–Crippen LogP) is 1.77. The molecule has 0 aliphatic carbocycles. The molecule has 2 fully saturated rings. The van der Waals surface area contributed by atoms with Crippen molar-refractivity contribution in [2.45, 2.75) is 24.7 Å². The molecule has 0 saturated carbocycles. The number of anilines is 1. The highest BCUT2D eigenvalue weighted by Crippen LogP contribution is 2.34. The average Bonchev–Trinajstić information content (AvgIpc) is 2.61. The number of hydrogen-bond acceptors (Lipinski definition) is 6. The van der Waals surface area contributed by atoms with Gasteiger partial charge in [0.05, 0.1) is 9.82 Å². The van der Waals surface area contributed by atoms with Crippen molar-refractivity contribution in [3.05, 3.63) is 28.3 Å². The molecule has 1 aromatic carbocycles. The number of rotatable bonds is 4. The van der Waals surface area contributed by atoms with Crippen LogP contribution in [-0.4, -0.2) is 68.9 Å². The fraction of sp³-hybridized carbons (Fsp3) is 0.647. The SMILES string of the molecule is CC1CCCN(c2ccc(S(=O)(=O)N3CCN(C)CC3)cc2[N+](=O)[O-])C1. The second-order valence-electron chi connectivity index (χ2n) is 7.31. The first-order valence-electron chi connectivity index (χ1n) is 9.01. The predicted molar refractivity (Wildman–Crippen MR) is 100.0 cm³/mol. The second kappa shape index (κ2) is 7.50. The van der Waals surface area contributed by atoms with Crippen molar-refractivity contribution < 1.29 is 13.3 Å². The largest absolute Gasteiger partial charge is 0.366 e. The van der Waals surface area contributed by atoms with Crippen LogP contribution in [0.1, 0.15) is 19.8 Å². The Morgan fingerprint density at radius 1 is 1.15 bits per heavy atom. The Labute approximate surface area is 154 Å². The molecule has 9 heteroatoms. The van der Waals surface area contributed by atoms with E-state index in [-0.39, 0.29) is 10.6 Å². The van der Waals surface area contributed by atoms with E-state index in [1.165, 1.54) is 16.4 Å². The molecule has 0 spiro atoms. The molecular weight excluding hydrogens is 356 g/mol. The minimum absolute atomic E-state index is 0.00237. The highest BCUT2D eigenvalue weighted by molar-refractivity contribution is 7.89. The summed E-state index contributed by atoms with van der Waals surface area (Å²) in [5.74, 6) is 0.470. The molecule has 0 aromatic heterocycles. The van der Waals surface area contributed by atoms with E-state index >= 15 is 0 Å². The quantitative estimate of drug-likeness (QED) is 0.583. The lowest BCUT2D eigenvalue weighted by molar-refractivity contribution is -0.384. The fourth-order valence-electron chi connectivity index (χ4n) is 3.66. The highest BCUT2D eigenvalue weighted by atomic mass is 32.2. The molecule has 0 amide bonds. The van der Waals surface area contributed by atoms with Crippen molar-refractivity contribution in [2.75, 3.05) is 51.2 Å². The minimum atomic E-state index is -3.72. The molecule has 2 aliphatic rings. The van der Waals surface area contributed by atoms with Crippen LogP contribution in [0.15, 0.2) is 23.1 Å². The van der Waals surface area contributed by atoms with Crippen molar-refractivity contribution in [2.24, 2.45) is 5.92 Å². The van der Waals surface area contributed by atoms with Gasteiger partial charge in [0.2, 0.25) is 10.0 Å². The number of piperazine rings is 1. The van der Waals surface area contributed by atoms with Crippen LogP contribution in [0, 0.1) is 16.0 Å². The van der Waals surface area contributed by atoms with Crippen LogP contribution in [0.3, 0.4) is 0 Å². The van der Waals surface area contributed by atoms with E-state index < -0.39 is 14.9 Å². The van der Waals surface area contributed by atoms with Gasteiger partial charge in [0.25, 0.3) is 5.69 Å². The highest BCUT2D eigenvalue weighted by Gasteiger charge is 2.31. The van der Waals surface area contributed by atoms with Gasteiger partial charge in [-0.1, -0.05) is 6.92 Å². The normalized spacial score (nSPS) is 23.2. The van der Waals surface area contributed by atoms with E-state index in [2.05, 4.69) is 11.8 Å². The summed E-state index contributed by atoms with van der Waals surface area (Å²) in [6, 6.07) is 4.33. The smallest absolute Gasteiger partial charge is 0.293 e. The maximum absolute atomic E-state index is 12.9. The average molecular weight is 382 g/mol. The van der Waals surface area contributed by atoms with Gasteiger partial charge in [0, 0.05) is 45.3 Å². The zero-order valence-corrected chi connectivity index (χ0v) is 16.1. The van der Waals surface area contributed by atoms with Crippen LogP contribution >= 0.6 is 0 Å². The molecule has 0 bridgehead atoms. The second-order valence-corrected chi connectivity index (χ2v) is 9.25. The van der Waals surface area contributed by atoms with Gasteiger partial charge in [0.15, 0.2) is 0 Å². The summed E-state index contributed by atoms with van der Waals surface area (Å²) < 4.78 is 27.2. The van der Waals surface area contributed by atoms with E-state index in [0.29, 0.717) is 37.8 Å². The zero-order chi connectivity index (χ0) is 18.9. The Bertz CT molecular complexity index is 775. The number of likely N-dealkylation sites (N-methyl/N-ethyl adjacent to an activating group) is 1. The third-order valence-corrected chi connectivity index (χ3v) is 7.14. The zero-order valence-electron chi connectivity index (χ0n) is 15.3. The van der Waals surface area contributed by atoms with Gasteiger partial charge in [-0.15, -0.1) is 0 Å². The number of benzene rings is 1. The first-order valence-corrected chi connectivity index (χ1v) is 10.4. The molecule has 2 aliphatic heterocycles. The first-order chi connectivity index (χ1) is 12.3. The molecule has 3 rings (SSSR count). The summed E-state index contributed by atoms with van der Waals surface area (Å²) in [7, 11) is -1.77. The van der Waals surface area contributed by atoms with Crippen LogP contribution in [0.2, 0.25) is 0 Å². The Balaban J connectivity index is 1.92. The first kappa shape index (κ1) is 19.1. The lowest BCUT2D eigenvalue weighted by Gasteiger charge is -2.33. The van der Waals surface area contributed by atoms with E-state index in [0.717, 1.165) is 25.9 Å². The minimum Gasteiger partial charge on any atom is -0.366 e. The van der Waals surface area contributed by atoms with Crippen LogP contribution < -0.4 is 4.90 Å². The van der Waals surface area contributed by atoms with Gasteiger partial charge >= 0.3 is 0 Å². The number of nitro benzene ring substituents is 1. The summed E-state index contributed by atoms with van der Waals surface area (Å²) in [6.45, 7) is 5.76. The number of hydrogen-bond donors (Lipinski definition) is 0. The van der Waals surface area contributed by atoms with Crippen molar-refractivity contribution in [1.29, 1.82) is 0 Å². The summed E-state index contributed by atoms with van der Waals surface area (Å²) in [5, 5.41) is 11.6. The summed E-state index contributed by atoms with van der Waals surface area (Å²) >= 11 is 0. The number of sulfonamides is 1. The molecule has 144 valence electrons. The molecule has 0 radical (unpaired) electrons. The molecule has 1 atom stereocenters. The van der Waals surface area contributed by atoms with Crippen LogP contribution in [0.4, 0.5) is 11.4 Å². The maximum Gasteiger partial charge on any atom is 0.293 e. The van der Waals surface area contributed by atoms with Crippen molar-refractivity contribution >= 4 is 21.4 Å². The molecule has 0 N–H and O–H groups in total. The van der Waals surface area contributed by atoms with Crippen LogP contribution in [-0.2, 0) is 10.0 Å². The van der Waals surface area contributed by atoms with Gasteiger partial charge in [-0.05, 0) is 37.9 Å². The number of nitrogens with zero attached hydrogens (tertiary/aromatic N) is 4. The lowest BCUT2D eigenvalue weighted by atomic mass is 9.99. The Morgan fingerprint density at radius 3 is 2.46 bits per heavy atom.